The van der Waals surface area contributed by atoms with Crippen LogP contribution in [0.5, 0.6) is 0 Å². The lowest BCUT2D eigenvalue weighted by Crippen LogP contribution is -2.19. The Morgan fingerprint density at radius 1 is 1.29 bits per heavy atom. The van der Waals surface area contributed by atoms with Crippen molar-refractivity contribution in [3.05, 3.63) is 47.9 Å². The number of rotatable bonds is 5. The first-order valence-electron chi connectivity index (χ1n) is 10.9. The molecule has 2 fully saturated rings. The zero-order chi connectivity index (χ0) is 21.8. The van der Waals surface area contributed by atoms with Crippen LogP contribution in [0.1, 0.15) is 47.2 Å². The molecule has 2 aromatic heterocycles. The zero-order valence-corrected chi connectivity index (χ0v) is 18.0. The molecular formula is C23H35FN6O. The molecule has 7 nitrogen and oxygen atoms in total. The van der Waals surface area contributed by atoms with Gasteiger partial charge in [-0.15, -0.1) is 5.10 Å². The standard InChI is InChI=1S/C18H18FN5O.C5H11N.3H2/c1-20-18(25)13-5-4-12(8-14(13)19)15-10-22-17-7-6-16(23-24(15)17)21-9-11-2-3-11;1-5-3-2-4-6-5;;;/h4-8,10-11H,2-3,9H2,1H3,(H,20,25)(H,21,23);5-6H,2-4H2,1H3;3*1H. The topological polar surface area (TPSA) is 83.3 Å². The summed E-state index contributed by atoms with van der Waals surface area (Å²) in [5, 5.41) is 13.6. The van der Waals surface area contributed by atoms with Gasteiger partial charge in [-0.05, 0) is 69.3 Å². The second kappa shape index (κ2) is 9.43. The fourth-order valence-corrected chi connectivity index (χ4v) is 3.59. The third kappa shape index (κ3) is 5.19. The van der Waals surface area contributed by atoms with Gasteiger partial charge in [0, 0.05) is 29.5 Å². The van der Waals surface area contributed by atoms with Crippen LogP contribution in [0.3, 0.4) is 0 Å². The molecule has 3 aromatic rings. The van der Waals surface area contributed by atoms with Crippen molar-refractivity contribution >= 4 is 17.4 Å². The quantitative estimate of drug-likeness (QED) is 0.565. The smallest absolute Gasteiger partial charge is 0.253 e. The highest BCUT2D eigenvalue weighted by Gasteiger charge is 2.21. The lowest BCUT2D eigenvalue weighted by atomic mass is 10.1. The van der Waals surface area contributed by atoms with Gasteiger partial charge in [0.1, 0.15) is 11.6 Å². The van der Waals surface area contributed by atoms with Crippen molar-refractivity contribution < 1.29 is 13.5 Å². The number of benzene rings is 1. The molecule has 1 atom stereocenters. The van der Waals surface area contributed by atoms with Gasteiger partial charge in [0.2, 0.25) is 0 Å². The van der Waals surface area contributed by atoms with Gasteiger partial charge in [-0.3, -0.25) is 4.79 Å². The van der Waals surface area contributed by atoms with E-state index in [0.717, 1.165) is 24.3 Å². The summed E-state index contributed by atoms with van der Waals surface area (Å²) in [5.41, 5.74) is 1.99. The normalized spacial score (nSPS) is 17.8. The third-order valence-corrected chi connectivity index (χ3v) is 5.67. The van der Waals surface area contributed by atoms with Gasteiger partial charge in [-0.1, -0.05) is 6.07 Å². The monoisotopic (exact) mass is 430 g/mol. The van der Waals surface area contributed by atoms with E-state index < -0.39 is 11.7 Å². The summed E-state index contributed by atoms with van der Waals surface area (Å²) < 4.78 is 15.9. The summed E-state index contributed by atoms with van der Waals surface area (Å²) in [6.07, 6.45) is 6.94. The number of nitrogens with one attached hydrogen (secondary N) is 3. The van der Waals surface area contributed by atoms with Crippen LogP contribution >= 0.6 is 0 Å². The van der Waals surface area contributed by atoms with Crippen LogP contribution in [-0.2, 0) is 0 Å². The molecule has 1 saturated heterocycles. The average Bonchev–Trinajstić information content (AvgIpc) is 3.32. The van der Waals surface area contributed by atoms with Crippen LogP contribution < -0.4 is 16.0 Å². The van der Waals surface area contributed by atoms with Crippen LogP contribution in [0.4, 0.5) is 10.2 Å². The minimum Gasteiger partial charge on any atom is -0.368 e. The number of hydrogen-bond donors (Lipinski definition) is 3. The van der Waals surface area contributed by atoms with Gasteiger partial charge < -0.3 is 16.0 Å². The number of hydrogen-bond acceptors (Lipinski definition) is 5. The van der Waals surface area contributed by atoms with Gasteiger partial charge in [0.15, 0.2) is 5.65 Å². The number of anilines is 1. The van der Waals surface area contributed by atoms with Crippen molar-refractivity contribution in [3.63, 3.8) is 0 Å². The molecule has 0 radical (unpaired) electrons. The fraction of sp³-hybridized carbons (Fsp3) is 0.435. The fourth-order valence-electron chi connectivity index (χ4n) is 3.59. The molecule has 0 spiro atoms. The van der Waals surface area contributed by atoms with E-state index in [1.54, 1.807) is 16.8 Å². The molecular weight excluding hydrogens is 395 g/mol. The molecule has 1 aliphatic heterocycles. The number of nitrogens with zero attached hydrogens (tertiary/aromatic N) is 3. The van der Waals surface area contributed by atoms with E-state index in [4.69, 9.17) is 0 Å². The molecule has 1 aromatic carbocycles. The Labute approximate surface area is 185 Å². The predicted molar refractivity (Wildman–Crippen MR) is 126 cm³/mol. The lowest BCUT2D eigenvalue weighted by molar-refractivity contribution is 0.0959. The van der Waals surface area contributed by atoms with Crippen molar-refractivity contribution in [2.45, 2.75) is 38.6 Å². The van der Waals surface area contributed by atoms with Gasteiger partial charge in [-0.25, -0.2) is 13.9 Å². The van der Waals surface area contributed by atoms with E-state index in [0.29, 0.717) is 16.9 Å². The summed E-state index contributed by atoms with van der Waals surface area (Å²) in [7, 11) is 1.47. The number of halogens is 1. The van der Waals surface area contributed by atoms with Gasteiger partial charge >= 0.3 is 0 Å². The Morgan fingerprint density at radius 2 is 2.13 bits per heavy atom. The number of carbonyl (C=O) groups is 1. The van der Waals surface area contributed by atoms with Crippen LogP contribution in [-0.4, -0.2) is 46.7 Å². The highest BCUT2D eigenvalue weighted by Crippen LogP contribution is 2.29. The SMILES string of the molecule is CC1CCCN1.CNC(=O)c1ccc(-c2cnc3ccc(NCC4CC4)nn23)cc1F.[HH].[HH].[HH]. The van der Waals surface area contributed by atoms with E-state index in [1.165, 1.54) is 51.4 Å². The number of imidazole rings is 1. The summed E-state index contributed by atoms with van der Waals surface area (Å²) in [6, 6.07) is 9.07. The van der Waals surface area contributed by atoms with Crippen molar-refractivity contribution in [2.24, 2.45) is 5.92 Å². The van der Waals surface area contributed by atoms with E-state index >= 15 is 0 Å². The predicted octanol–water partition coefficient (Wildman–Crippen LogP) is 4.21. The maximum Gasteiger partial charge on any atom is 0.253 e. The van der Waals surface area contributed by atoms with Crippen molar-refractivity contribution in [2.75, 3.05) is 25.5 Å². The summed E-state index contributed by atoms with van der Waals surface area (Å²) in [6.45, 7) is 4.38. The Bertz CT molecular complexity index is 1070. The Morgan fingerprint density at radius 3 is 2.74 bits per heavy atom. The summed E-state index contributed by atoms with van der Waals surface area (Å²) in [5.74, 6) is 0.480. The molecule has 5 rings (SSSR count). The Kier molecular flexibility index (Phi) is 6.46. The van der Waals surface area contributed by atoms with Gasteiger partial charge in [0.25, 0.3) is 5.91 Å². The van der Waals surface area contributed by atoms with Crippen molar-refractivity contribution in [3.8, 4) is 11.3 Å². The molecule has 31 heavy (non-hydrogen) atoms. The minimum absolute atomic E-state index is 0. The van der Waals surface area contributed by atoms with E-state index in [-0.39, 0.29) is 9.84 Å². The average molecular weight is 431 g/mol. The largest absolute Gasteiger partial charge is 0.368 e. The van der Waals surface area contributed by atoms with Gasteiger partial charge in [0.05, 0.1) is 17.5 Å². The van der Waals surface area contributed by atoms with Gasteiger partial charge in [-0.2, -0.15) is 0 Å². The molecule has 170 valence electrons. The highest BCUT2D eigenvalue weighted by molar-refractivity contribution is 5.94. The second-order valence-corrected chi connectivity index (χ2v) is 8.23. The van der Waals surface area contributed by atoms with Crippen LogP contribution in [0, 0.1) is 11.7 Å². The second-order valence-electron chi connectivity index (χ2n) is 8.23. The molecule has 8 heteroatoms. The van der Waals surface area contributed by atoms with Crippen molar-refractivity contribution in [1.29, 1.82) is 0 Å². The zero-order valence-electron chi connectivity index (χ0n) is 18.0. The van der Waals surface area contributed by atoms with Crippen LogP contribution in [0.2, 0.25) is 0 Å². The molecule has 3 N–H and O–H groups in total. The molecule has 3 heterocycles. The maximum absolute atomic E-state index is 14.3. The Balaban J connectivity index is 0.000000565. The molecule has 1 saturated carbocycles. The summed E-state index contributed by atoms with van der Waals surface area (Å²) in [4.78, 5) is 15.9. The molecule has 1 aliphatic carbocycles. The first-order valence-corrected chi connectivity index (χ1v) is 10.9. The highest BCUT2D eigenvalue weighted by atomic mass is 19.1. The van der Waals surface area contributed by atoms with E-state index in [1.807, 2.05) is 12.1 Å². The van der Waals surface area contributed by atoms with E-state index in [2.05, 4.69) is 33.0 Å². The Hall–Kier alpha value is -3.00. The molecule has 1 unspecified atom stereocenters. The molecule has 1 amide bonds. The number of fused-ring (bicyclic) bond motifs is 1. The first-order chi connectivity index (χ1) is 15.0. The summed E-state index contributed by atoms with van der Waals surface area (Å²) >= 11 is 0. The minimum atomic E-state index is -0.574. The van der Waals surface area contributed by atoms with Crippen LogP contribution in [0.15, 0.2) is 36.5 Å². The first kappa shape index (κ1) is 21.2. The third-order valence-electron chi connectivity index (χ3n) is 5.67. The number of aromatic nitrogens is 3. The van der Waals surface area contributed by atoms with Crippen molar-refractivity contribution in [1.82, 2.24) is 25.2 Å². The number of amides is 1. The van der Waals surface area contributed by atoms with E-state index in [9.17, 15) is 9.18 Å². The maximum atomic E-state index is 14.3. The molecule has 2 aliphatic rings. The molecule has 0 bridgehead atoms. The lowest BCUT2D eigenvalue weighted by Gasteiger charge is -2.07. The van der Waals surface area contributed by atoms with Crippen LogP contribution in [0.25, 0.3) is 16.9 Å². The number of carbonyl (C=O) groups excluding carboxylic acids is 1.